The average Bonchev–Trinajstić information content (AvgIpc) is 3.27. The molecular formula is C18H21N7O4S. The fourth-order valence-corrected chi connectivity index (χ4v) is 3.44. The third kappa shape index (κ3) is 4.43. The smallest absolute Gasteiger partial charge is 0.344 e. The molecule has 0 unspecified atom stereocenters. The van der Waals surface area contributed by atoms with E-state index in [0.717, 1.165) is 0 Å². The molecule has 0 spiro atoms. The maximum absolute atomic E-state index is 12.7. The standard InChI is InChI=1S/C18H21N7O4S/c1-4-29-17(26)14-15(19-12-23-11-10-22(2)18(23)21-25(27)28)24(20-16(14)30-3)13-8-6-5-7-9-13/h5-9,12H,4,10-11H2,1-3H3/b19-12+,21-18+. The van der Waals surface area contributed by atoms with Gasteiger partial charge in [-0.2, -0.15) is 5.10 Å². The number of carbonyl (C=O) groups excluding carboxylic acids is 1. The Kier molecular flexibility index (Phi) is 6.67. The number of esters is 1. The van der Waals surface area contributed by atoms with Crippen molar-refractivity contribution in [3.63, 3.8) is 0 Å². The highest BCUT2D eigenvalue weighted by atomic mass is 32.2. The fourth-order valence-electron chi connectivity index (χ4n) is 2.90. The highest BCUT2D eigenvalue weighted by Crippen LogP contribution is 2.32. The molecule has 1 aromatic carbocycles. The molecule has 0 aliphatic carbocycles. The summed E-state index contributed by atoms with van der Waals surface area (Å²) in [6, 6.07) is 9.26. The van der Waals surface area contributed by atoms with Crippen molar-refractivity contribution in [1.82, 2.24) is 19.6 Å². The molecule has 0 N–H and O–H groups in total. The van der Waals surface area contributed by atoms with E-state index in [0.29, 0.717) is 23.8 Å². The summed E-state index contributed by atoms with van der Waals surface area (Å²) in [5.74, 6) is -0.0924. The number of likely N-dealkylation sites (N-methyl/N-ethyl adjacent to an activating group) is 1. The summed E-state index contributed by atoms with van der Waals surface area (Å²) in [6.07, 6.45) is 3.24. The zero-order chi connectivity index (χ0) is 21.7. The van der Waals surface area contributed by atoms with Gasteiger partial charge in [-0.3, -0.25) is 4.90 Å². The first kappa shape index (κ1) is 21.3. The number of hydrogen-bond acceptors (Lipinski definition) is 7. The molecular weight excluding hydrogens is 410 g/mol. The number of benzene rings is 1. The molecule has 1 aliphatic rings. The van der Waals surface area contributed by atoms with Crippen LogP contribution in [0.1, 0.15) is 17.3 Å². The number of hydrazone groups is 1. The Labute approximate surface area is 177 Å². The summed E-state index contributed by atoms with van der Waals surface area (Å²) in [5, 5.41) is 18.5. The van der Waals surface area contributed by atoms with Crippen LogP contribution in [0.15, 0.2) is 45.5 Å². The van der Waals surface area contributed by atoms with Gasteiger partial charge in [0.2, 0.25) is 0 Å². The number of aliphatic imine (C=N–C) groups is 1. The summed E-state index contributed by atoms with van der Waals surface area (Å²) in [4.78, 5) is 31.2. The van der Waals surface area contributed by atoms with Crippen LogP contribution in [-0.2, 0) is 4.74 Å². The number of ether oxygens (including phenoxy) is 1. The number of nitro groups is 1. The van der Waals surface area contributed by atoms with Crippen LogP contribution < -0.4 is 0 Å². The van der Waals surface area contributed by atoms with Gasteiger partial charge in [-0.05, 0) is 25.3 Å². The van der Waals surface area contributed by atoms with Gasteiger partial charge in [0.05, 0.1) is 12.3 Å². The lowest BCUT2D eigenvalue weighted by Gasteiger charge is -2.12. The summed E-state index contributed by atoms with van der Waals surface area (Å²) >= 11 is 1.31. The highest BCUT2D eigenvalue weighted by molar-refractivity contribution is 7.98. The molecule has 0 radical (unpaired) electrons. The SMILES string of the molecule is CCOC(=O)c1c(SC)nn(-c2ccccc2)c1/N=C/N1CCN(C)/C1=N\[N+](=O)[O-]. The van der Waals surface area contributed by atoms with E-state index in [1.165, 1.54) is 18.1 Å². The third-order valence-electron chi connectivity index (χ3n) is 4.27. The predicted molar refractivity (Wildman–Crippen MR) is 113 cm³/mol. The van der Waals surface area contributed by atoms with Gasteiger partial charge in [0.15, 0.2) is 10.9 Å². The summed E-state index contributed by atoms with van der Waals surface area (Å²) < 4.78 is 6.76. The third-order valence-corrected chi connectivity index (χ3v) is 4.94. The van der Waals surface area contributed by atoms with Gasteiger partial charge < -0.3 is 9.64 Å². The number of nitrogens with zero attached hydrogens (tertiary/aromatic N) is 7. The van der Waals surface area contributed by atoms with Crippen molar-refractivity contribution in [3.8, 4) is 5.69 Å². The van der Waals surface area contributed by atoms with Crippen LogP contribution in [0.25, 0.3) is 5.69 Å². The van der Waals surface area contributed by atoms with Gasteiger partial charge in [-0.15, -0.1) is 11.8 Å². The molecule has 12 heteroatoms. The Balaban J connectivity index is 2.09. The van der Waals surface area contributed by atoms with Crippen LogP contribution in [-0.4, -0.2) is 75.9 Å². The van der Waals surface area contributed by atoms with E-state index in [1.54, 1.807) is 28.5 Å². The van der Waals surface area contributed by atoms with Crippen molar-refractivity contribution in [1.29, 1.82) is 0 Å². The number of hydrogen-bond donors (Lipinski definition) is 0. The molecule has 2 aromatic rings. The molecule has 0 bridgehead atoms. The monoisotopic (exact) mass is 431 g/mol. The molecule has 11 nitrogen and oxygen atoms in total. The quantitative estimate of drug-likeness (QED) is 0.164. The van der Waals surface area contributed by atoms with Crippen molar-refractivity contribution >= 4 is 35.8 Å². The summed E-state index contributed by atoms with van der Waals surface area (Å²) in [5.41, 5.74) is 0.956. The molecule has 30 heavy (non-hydrogen) atoms. The molecule has 0 amide bonds. The van der Waals surface area contributed by atoms with Crippen LogP contribution in [0.4, 0.5) is 5.82 Å². The molecule has 0 saturated carbocycles. The number of carbonyl (C=O) groups is 1. The number of rotatable bonds is 7. The molecule has 158 valence electrons. The van der Waals surface area contributed by atoms with Crippen molar-refractivity contribution in [2.24, 2.45) is 10.1 Å². The lowest BCUT2D eigenvalue weighted by Crippen LogP contribution is -2.31. The first-order valence-electron chi connectivity index (χ1n) is 9.10. The van der Waals surface area contributed by atoms with Crippen LogP contribution in [0.2, 0.25) is 0 Å². The van der Waals surface area contributed by atoms with Crippen LogP contribution in [0.5, 0.6) is 0 Å². The van der Waals surface area contributed by atoms with E-state index in [1.807, 2.05) is 36.6 Å². The Morgan fingerprint density at radius 3 is 2.73 bits per heavy atom. The Morgan fingerprint density at radius 2 is 2.10 bits per heavy atom. The Morgan fingerprint density at radius 1 is 1.37 bits per heavy atom. The molecule has 1 saturated heterocycles. The van der Waals surface area contributed by atoms with Crippen LogP contribution >= 0.6 is 11.8 Å². The number of para-hydroxylation sites is 1. The second-order valence-electron chi connectivity index (χ2n) is 6.17. The lowest BCUT2D eigenvalue weighted by atomic mass is 10.3. The van der Waals surface area contributed by atoms with Crippen LogP contribution in [0, 0.1) is 10.1 Å². The van der Waals surface area contributed by atoms with Crippen molar-refractivity contribution < 1.29 is 14.6 Å². The minimum absolute atomic E-state index is 0.164. The Bertz CT molecular complexity index is 990. The largest absolute Gasteiger partial charge is 0.462 e. The number of thioether (sulfide) groups is 1. The molecule has 1 aliphatic heterocycles. The minimum atomic E-state index is -0.748. The van der Waals surface area contributed by atoms with E-state index in [-0.39, 0.29) is 23.9 Å². The van der Waals surface area contributed by atoms with Gasteiger partial charge in [-0.1, -0.05) is 18.2 Å². The molecule has 1 aromatic heterocycles. The normalized spacial score (nSPS) is 15.4. The maximum Gasteiger partial charge on any atom is 0.344 e. The highest BCUT2D eigenvalue weighted by Gasteiger charge is 2.28. The summed E-state index contributed by atoms with van der Waals surface area (Å²) in [7, 11) is 1.71. The van der Waals surface area contributed by atoms with Gasteiger partial charge >= 0.3 is 5.97 Å². The molecule has 2 heterocycles. The minimum Gasteiger partial charge on any atom is -0.462 e. The second-order valence-corrected chi connectivity index (χ2v) is 6.97. The van der Waals surface area contributed by atoms with Gasteiger partial charge in [0.1, 0.15) is 22.0 Å². The van der Waals surface area contributed by atoms with E-state index in [9.17, 15) is 14.9 Å². The lowest BCUT2D eigenvalue weighted by molar-refractivity contribution is -0.486. The van der Waals surface area contributed by atoms with Gasteiger partial charge in [-0.25, -0.2) is 24.6 Å². The van der Waals surface area contributed by atoms with E-state index in [4.69, 9.17) is 4.74 Å². The summed E-state index contributed by atoms with van der Waals surface area (Å²) in [6.45, 7) is 2.96. The van der Waals surface area contributed by atoms with E-state index in [2.05, 4.69) is 15.2 Å². The van der Waals surface area contributed by atoms with E-state index >= 15 is 0 Å². The number of aromatic nitrogens is 2. The Hall–Kier alpha value is -3.41. The fraction of sp³-hybridized carbons (Fsp3) is 0.333. The predicted octanol–water partition coefficient (Wildman–Crippen LogP) is 2.23. The zero-order valence-corrected chi connectivity index (χ0v) is 17.6. The van der Waals surface area contributed by atoms with Crippen molar-refractivity contribution in [2.75, 3.05) is 33.0 Å². The van der Waals surface area contributed by atoms with Crippen LogP contribution in [0.3, 0.4) is 0 Å². The van der Waals surface area contributed by atoms with Crippen molar-refractivity contribution in [3.05, 3.63) is 46.0 Å². The number of guanidine groups is 1. The second kappa shape index (κ2) is 9.39. The van der Waals surface area contributed by atoms with E-state index < -0.39 is 11.0 Å². The molecule has 1 fully saturated rings. The topological polar surface area (TPSA) is 118 Å². The van der Waals surface area contributed by atoms with Gasteiger partial charge in [0, 0.05) is 20.1 Å². The molecule has 0 atom stereocenters. The first-order chi connectivity index (χ1) is 14.5. The maximum atomic E-state index is 12.7. The average molecular weight is 431 g/mol. The van der Waals surface area contributed by atoms with Gasteiger partial charge in [0.25, 0.3) is 5.96 Å². The van der Waals surface area contributed by atoms with Crippen molar-refractivity contribution in [2.45, 2.75) is 11.9 Å². The molecule has 3 rings (SSSR count). The first-order valence-corrected chi connectivity index (χ1v) is 10.3. The zero-order valence-electron chi connectivity index (χ0n) is 16.8.